The maximum atomic E-state index is 10.4. The molecule has 30 heavy (non-hydrogen) atoms. The third-order valence-electron chi connectivity index (χ3n) is 7.26. The van der Waals surface area contributed by atoms with Crippen molar-refractivity contribution in [3.05, 3.63) is 22.3 Å². The molecule has 0 amide bonds. The molecule has 1 N–H and O–H groups in total. The lowest BCUT2D eigenvalue weighted by molar-refractivity contribution is 0.0521. The van der Waals surface area contributed by atoms with Crippen molar-refractivity contribution >= 4 is 6.21 Å². The zero-order chi connectivity index (χ0) is 21.6. The molecule has 0 unspecified atom stereocenters. The van der Waals surface area contributed by atoms with Crippen LogP contribution < -0.4 is 4.74 Å². The van der Waals surface area contributed by atoms with Gasteiger partial charge >= 0.3 is 0 Å². The van der Waals surface area contributed by atoms with Gasteiger partial charge in [0.2, 0.25) is 0 Å². The van der Waals surface area contributed by atoms with Gasteiger partial charge in [-0.05, 0) is 89.5 Å². The van der Waals surface area contributed by atoms with Gasteiger partial charge in [-0.25, -0.2) is 0 Å². The third kappa shape index (κ3) is 5.78. The molecule has 2 heterocycles. The molecule has 168 valence electrons. The highest BCUT2D eigenvalue weighted by atomic mass is 16.5. The summed E-state index contributed by atoms with van der Waals surface area (Å²) in [4.78, 5) is 6.83. The molecule has 1 aromatic rings. The minimum absolute atomic E-state index is 0.0649. The maximum absolute atomic E-state index is 10.4. The van der Waals surface area contributed by atoms with Crippen molar-refractivity contribution in [2.75, 3.05) is 19.8 Å². The second-order valence-corrected chi connectivity index (χ2v) is 9.72. The second-order valence-electron chi connectivity index (χ2n) is 9.72. The van der Waals surface area contributed by atoms with Crippen molar-refractivity contribution < 1.29 is 9.84 Å². The first-order valence-electron chi connectivity index (χ1n) is 12.1. The minimum Gasteiger partial charge on any atom is -0.507 e. The minimum atomic E-state index is -0.0649. The number of aromatic hydroxyl groups is 1. The Morgan fingerprint density at radius 2 is 1.70 bits per heavy atom. The molecule has 3 rings (SSSR count). The quantitative estimate of drug-likeness (QED) is 0.460. The largest absolute Gasteiger partial charge is 0.507 e. The van der Waals surface area contributed by atoms with Gasteiger partial charge < -0.3 is 9.84 Å². The highest BCUT2D eigenvalue weighted by Gasteiger charge is 2.34. The number of ether oxygens (including phenoxy) is 1. The fourth-order valence-electron chi connectivity index (χ4n) is 4.95. The molecule has 0 fully saturated rings. The summed E-state index contributed by atoms with van der Waals surface area (Å²) < 4.78 is 6.56. The summed E-state index contributed by atoms with van der Waals surface area (Å²) in [5.74, 6) is 1.49. The Bertz CT molecular complexity index is 743. The van der Waals surface area contributed by atoms with Crippen molar-refractivity contribution in [3.8, 4) is 11.5 Å². The summed E-state index contributed by atoms with van der Waals surface area (Å²) >= 11 is 0. The molecule has 0 saturated heterocycles. The average molecular weight is 415 g/mol. The van der Waals surface area contributed by atoms with Gasteiger partial charge in [-0.1, -0.05) is 32.1 Å². The Kier molecular flexibility index (Phi) is 8.21. The Balaban J connectivity index is 1.32. The van der Waals surface area contributed by atoms with Crippen molar-refractivity contribution in [2.24, 2.45) is 4.99 Å². The Labute approximate surface area is 183 Å². The summed E-state index contributed by atoms with van der Waals surface area (Å²) in [6, 6.07) is 0. The van der Waals surface area contributed by atoms with Gasteiger partial charge in [0.1, 0.15) is 17.1 Å². The van der Waals surface area contributed by atoms with Crippen LogP contribution in [0.4, 0.5) is 0 Å². The van der Waals surface area contributed by atoms with E-state index in [2.05, 4.69) is 30.0 Å². The Morgan fingerprint density at radius 1 is 1.00 bits per heavy atom. The number of benzene rings is 1. The van der Waals surface area contributed by atoms with Crippen LogP contribution in [0.5, 0.6) is 11.5 Å². The van der Waals surface area contributed by atoms with Crippen LogP contribution in [0.1, 0.15) is 93.4 Å². The summed E-state index contributed by atoms with van der Waals surface area (Å²) in [6.07, 6.45) is 15.6. The summed E-state index contributed by atoms with van der Waals surface area (Å²) in [6.45, 7) is 11.7. The molecule has 0 spiro atoms. The van der Waals surface area contributed by atoms with Crippen LogP contribution in [0.2, 0.25) is 0 Å². The van der Waals surface area contributed by atoms with E-state index in [4.69, 9.17) is 4.74 Å². The van der Waals surface area contributed by atoms with Crippen LogP contribution in [-0.2, 0) is 6.42 Å². The van der Waals surface area contributed by atoms with E-state index in [-0.39, 0.29) is 5.60 Å². The van der Waals surface area contributed by atoms with E-state index in [1.807, 2.05) is 13.8 Å². The molecule has 4 nitrogen and oxygen atoms in total. The van der Waals surface area contributed by atoms with Crippen LogP contribution in [0.25, 0.3) is 0 Å². The number of phenols is 1. The van der Waals surface area contributed by atoms with E-state index in [9.17, 15) is 5.11 Å². The first-order valence-corrected chi connectivity index (χ1v) is 12.1. The van der Waals surface area contributed by atoms with Gasteiger partial charge in [0, 0.05) is 18.3 Å². The summed E-state index contributed by atoms with van der Waals surface area (Å²) in [7, 11) is 0. The molecule has 0 aromatic heterocycles. The number of hydrogen-bond acceptors (Lipinski definition) is 4. The van der Waals surface area contributed by atoms with Gasteiger partial charge in [-0.15, -0.1) is 0 Å². The molecule has 0 saturated carbocycles. The number of fused-ring (bicyclic) bond motifs is 1. The topological polar surface area (TPSA) is 45.1 Å². The highest BCUT2D eigenvalue weighted by Crippen LogP contribution is 2.44. The first kappa shape index (κ1) is 23.1. The standard InChI is InChI=1S/C26H42N2O2/c1-20-21(2)25-23(22(3)24(20)29)13-15-26(4,30-25)14-10-8-6-5-7-9-11-17-28-18-12-16-27-19-28/h16,29H,5-15,17-19H2,1-4H3/t26-/m1/s1. The molecule has 0 radical (unpaired) electrons. The highest BCUT2D eigenvalue weighted by molar-refractivity contribution is 5.58. The van der Waals surface area contributed by atoms with E-state index in [1.54, 1.807) is 0 Å². The predicted octanol–water partition coefficient (Wildman–Crippen LogP) is 6.26. The number of phenolic OH excluding ortho intramolecular Hbond substituents is 1. The van der Waals surface area contributed by atoms with Crippen LogP contribution in [0.3, 0.4) is 0 Å². The van der Waals surface area contributed by atoms with E-state index in [0.717, 1.165) is 54.8 Å². The lowest BCUT2D eigenvalue weighted by Gasteiger charge is -2.38. The van der Waals surface area contributed by atoms with Gasteiger partial charge in [0.05, 0.1) is 6.67 Å². The Hall–Kier alpha value is -1.55. The smallest absolute Gasteiger partial charge is 0.127 e. The molecule has 2 aliphatic heterocycles. The number of rotatable bonds is 10. The zero-order valence-electron chi connectivity index (χ0n) is 19.7. The van der Waals surface area contributed by atoms with Gasteiger partial charge in [0.25, 0.3) is 0 Å². The predicted molar refractivity (Wildman–Crippen MR) is 126 cm³/mol. The number of hydrogen-bond donors (Lipinski definition) is 1. The monoisotopic (exact) mass is 414 g/mol. The first-order chi connectivity index (χ1) is 14.4. The second kappa shape index (κ2) is 10.7. The molecular weight excluding hydrogens is 372 g/mol. The zero-order valence-corrected chi connectivity index (χ0v) is 19.7. The molecule has 0 aliphatic carbocycles. The van der Waals surface area contributed by atoms with Crippen LogP contribution >= 0.6 is 0 Å². The number of nitrogens with zero attached hydrogens (tertiary/aromatic N) is 2. The fraction of sp³-hybridized carbons (Fsp3) is 0.731. The Morgan fingerprint density at radius 3 is 2.40 bits per heavy atom. The van der Waals surface area contributed by atoms with E-state index >= 15 is 0 Å². The average Bonchev–Trinajstić information content (AvgIpc) is 2.75. The molecule has 1 atom stereocenters. The number of unbranched alkanes of at least 4 members (excludes halogenated alkanes) is 6. The van der Waals surface area contributed by atoms with Crippen LogP contribution in [0, 0.1) is 20.8 Å². The van der Waals surface area contributed by atoms with Crippen molar-refractivity contribution in [3.63, 3.8) is 0 Å². The number of aliphatic imine (C=N–C) groups is 1. The fourth-order valence-corrected chi connectivity index (χ4v) is 4.95. The summed E-state index contributed by atoms with van der Waals surface area (Å²) in [5, 5.41) is 10.4. The van der Waals surface area contributed by atoms with Crippen molar-refractivity contribution in [2.45, 2.75) is 104 Å². The molecule has 1 aromatic carbocycles. The molecular formula is C26H42N2O2. The third-order valence-corrected chi connectivity index (χ3v) is 7.26. The lowest BCUT2D eigenvalue weighted by Crippen LogP contribution is -2.37. The van der Waals surface area contributed by atoms with E-state index in [0.29, 0.717) is 5.75 Å². The van der Waals surface area contributed by atoms with Gasteiger partial charge in [0.15, 0.2) is 0 Å². The molecule has 0 bridgehead atoms. The van der Waals surface area contributed by atoms with Crippen LogP contribution in [0.15, 0.2) is 4.99 Å². The normalized spacial score (nSPS) is 21.5. The van der Waals surface area contributed by atoms with E-state index in [1.165, 1.54) is 63.6 Å². The van der Waals surface area contributed by atoms with Gasteiger partial charge in [-0.2, -0.15) is 0 Å². The van der Waals surface area contributed by atoms with E-state index < -0.39 is 0 Å². The maximum Gasteiger partial charge on any atom is 0.127 e. The summed E-state index contributed by atoms with van der Waals surface area (Å²) in [5.41, 5.74) is 4.22. The van der Waals surface area contributed by atoms with Crippen molar-refractivity contribution in [1.82, 2.24) is 4.90 Å². The van der Waals surface area contributed by atoms with Crippen molar-refractivity contribution in [1.29, 1.82) is 0 Å². The lowest BCUT2D eigenvalue weighted by atomic mass is 9.84. The molecule has 4 heteroatoms. The molecule has 2 aliphatic rings. The van der Waals surface area contributed by atoms with Gasteiger partial charge in [-0.3, -0.25) is 9.89 Å². The van der Waals surface area contributed by atoms with Crippen LogP contribution in [-0.4, -0.2) is 41.6 Å². The SMILES string of the molecule is Cc1c(C)c2c(c(C)c1O)CC[C@@](C)(CCCCCCCCCN1CCC=NC1)O2.